The number of para-hydroxylation sites is 2. The van der Waals surface area contributed by atoms with Crippen molar-refractivity contribution in [3.63, 3.8) is 0 Å². The summed E-state index contributed by atoms with van der Waals surface area (Å²) in [5.74, 6) is 2.33. The highest BCUT2D eigenvalue weighted by atomic mass is 16.5. The minimum Gasteiger partial charge on any atom is -0.490 e. The summed E-state index contributed by atoms with van der Waals surface area (Å²) in [6.07, 6.45) is 6.86. The number of piperidine rings is 1. The van der Waals surface area contributed by atoms with Gasteiger partial charge in [-0.2, -0.15) is 5.10 Å². The van der Waals surface area contributed by atoms with E-state index in [-0.39, 0.29) is 12.6 Å². The monoisotopic (exact) mass is 438 g/mol. The predicted octanol–water partition coefficient (Wildman–Crippen LogP) is 2.95. The Balaban J connectivity index is 1.41. The Morgan fingerprint density at radius 1 is 1.22 bits per heavy atom. The third kappa shape index (κ3) is 5.45. The van der Waals surface area contributed by atoms with Crippen LogP contribution in [0.4, 0.5) is 17.5 Å². The molecule has 0 saturated carbocycles. The number of aliphatic carboxylic acids is 1. The van der Waals surface area contributed by atoms with Crippen LogP contribution < -0.4 is 19.7 Å². The summed E-state index contributed by atoms with van der Waals surface area (Å²) >= 11 is 0. The number of hydrogen-bond donors (Lipinski definition) is 2. The second-order valence-corrected chi connectivity index (χ2v) is 7.39. The van der Waals surface area contributed by atoms with Crippen LogP contribution >= 0.6 is 0 Å². The molecule has 0 amide bonds. The van der Waals surface area contributed by atoms with Crippen molar-refractivity contribution in [1.29, 1.82) is 0 Å². The summed E-state index contributed by atoms with van der Waals surface area (Å²) in [4.78, 5) is 21.9. The maximum atomic E-state index is 10.8. The highest BCUT2D eigenvalue weighted by Crippen LogP contribution is 2.30. The van der Waals surface area contributed by atoms with Crippen LogP contribution in [0.3, 0.4) is 0 Å². The Morgan fingerprint density at radius 3 is 2.88 bits per heavy atom. The lowest BCUT2D eigenvalue weighted by Crippen LogP contribution is -2.41. The summed E-state index contributed by atoms with van der Waals surface area (Å²) < 4.78 is 13.3. The fraction of sp³-hybridized carbons (Fsp3) is 0.364. The molecule has 0 radical (unpaired) electrons. The highest BCUT2D eigenvalue weighted by molar-refractivity contribution is 5.66. The molecule has 1 saturated heterocycles. The molecule has 1 fully saturated rings. The number of ether oxygens (including phenoxy) is 2. The standard InChI is InChI=1S/C22H26N6O4/c1-2-31-17-7-3-4-8-18(17)32-16-6-5-10-27(14-16)21-13-23-12-20(25-21)24-19-9-11-28(26-19)15-22(29)30/h3-4,7-9,11-13,16H,2,5-6,10,14-15H2,1H3,(H,29,30)(H,24,25,26). The van der Waals surface area contributed by atoms with Crippen molar-refractivity contribution in [2.24, 2.45) is 0 Å². The van der Waals surface area contributed by atoms with Crippen molar-refractivity contribution >= 4 is 23.4 Å². The van der Waals surface area contributed by atoms with Gasteiger partial charge in [0.25, 0.3) is 0 Å². The van der Waals surface area contributed by atoms with Gasteiger partial charge >= 0.3 is 5.97 Å². The molecule has 0 bridgehead atoms. The summed E-state index contributed by atoms with van der Waals surface area (Å²) in [7, 11) is 0. The molecule has 10 heteroatoms. The van der Waals surface area contributed by atoms with Gasteiger partial charge in [-0.3, -0.25) is 14.5 Å². The molecule has 0 aliphatic carbocycles. The molecular weight excluding hydrogens is 412 g/mol. The van der Waals surface area contributed by atoms with Crippen molar-refractivity contribution in [3.8, 4) is 11.5 Å². The topological polar surface area (TPSA) is 115 Å². The van der Waals surface area contributed by atoms with Gasteiger partial charge in [0, 0.05) is 18.8 Å². The van der Waals surface area contributed by atoms with Crippen LogP contribution in [-0.4, -0.2) is 56.6 Å². The van der Waals surface area contributed by atoms with E-state index in [9.17, 15) is 4.79 Å². The quantitative estimate of drug-likeness (QED) is 0.520. The highest BCUT2D eigenvalue weighted by Gasteiger charge is 2.24. The van der Waals surface area contributed by atoms with Gasteiger partial charge in [0.2, 0.25) is 0 Å². The van der Waals surface area contributed by atoms with Crippen LogP contribution in [0.2, 0.25) is 0 Å². The minimum atomic E-state index is -0.952. The maximum absolute atomic E-state index is 10.8. The zero-order chi connectivity index (χ0) is 22.3. The first kappa shape index (κ1) is 21.4. The first-order chi connectivity index (χ1) is 15.6. The lowest BCUT2D eigenvalue weighted by molar-refractivity contribution is -0.137. The van der Waals surface area contributed by atoms with E-state index in [2.05, 4.69) is 25.3 Å². The Kier molecular flexibility index (Phi) is 6.69. The molecule has 1 atom stereocenters. The third-order valence-electron chi connectivity index (χ3n) is 4.96. The van der Waals surface area contributed by atoms with E-state index in [1.54, 1.807) is 24.7 Å². The number of benzene rings is 1. The predicted molar refractivity (Wildman–Crippen MR) is 119 cm³/mol. The van der Waals surface area contributed by atoms with Gasteiger partial charge in [-0.15, -0.1) is 0 Å². The van der Waals surface area contributed by atoms with E-state index in [0.717, 1.165) is 36.7 Å². The molecular formula is C22H26N6O4. The molecule has 168 valence electrons. The fourth-order valence-corrected chi connectivity index (χ4v) is 3.60. The minimum absolute atomic E-state index is 0.00971. The summed E-state index contributed by atoms with van der Waals surface area (Å²) in [5, 5.41) is 16.1. The lowest BCUT2D eigenvalue weighted by atomic mass is 10.1. The SMILES string of the molecule is CCOc1ccccc1OC1CCCN(c2cncc(Nc3ccn(CC(=O)O)n3)n2)C1. The zero-order valence-electron chi connectivity index (χ0n) is 17.8. The second-order valence-electron chi connectivity index (χ2n) is 7.39. The molecule has 10 nitrogen and oxygen atoms in total. The fourth-order valence-electron chi connectivity index (χ4n) is 3.60. The van der Waals surface area contributed by atoms with E-state index >= 15 is 0 Å². The van der Waals surface area contributed by atoms with E-state index in [0.29, 0.717) is 24.8 Å². The number of carboxylic acid groups (broad SMARTS) is 1. The Hall–Kier alpha value is -3.82. The Labute approximate surface area is 185 Å². The summed E-state index contributed by atoms with van der Waals surface area (Å²) in [6.45, 7) is 3.88. The number of carboxylic acids is 1. The number of anilines is 3. The molecule has 2 aromatic heterocycles. The molecule has 1 aliphatic heterocycles. The number of nitrogens with zero attached hydrogens (tertiary/aromatic N) is 5. The first-order valence-electron chi connectivity index (χ1n) is 10.6. The Bertz CT molecular complexity index is 1060. The molecule has 1 unspecified atom stereocenters. The molecule has 1 aliphatic rings. The van der Waals surface area contributed by atoms with Crippen molar-refractivity contribution in [2.75, 3.05) is 29.9 Å². The normalized spacial score (nSPS) is 15.9. The lowest BCUT2D eigenvalue weighted by Gasteiger charge is -2.33. The largest absolute Gasteiger partial charge is 0.490 e. The number of hydrogen-bond acceptors (Lipinski definition) is 8. The van der Waals surface area contributed by atoms with E-state index in [4.69, 9.17) is 14.6 Å². The van der Waals surface area contributed by atoms with Gasteiger partial charge in [-0.05, 0) is 31.9 Å². The van der Waals surface area contributed by atoms with Crippen LogP contribution in [0.1, 0.15) is 19.8 Å². The van der Waals surface area contributed by atoms with Crippen LogP contribution in [0.5, 0.6) is 11.5 Å². The van der Waals surface area contributed by atoms with Gasteiger partial charge in [0.1, 0.15) is 18.5 Å². The summed E-state index contributed by atoms with van der Waals surface area (Å²) in [6, 6.07) is 9.41. The zero-order valence-corrected chi connectivity index (χ0v) is 17.8. The van der Waals surface area contributed by atoms with Crippen molar-refractivity contribution < 1.29 is 19.4 Å². The van der Waals surface area contributed by atoms with Crippen LogP contribution in [-0.2, 0) is 11.3 Å². The molecule has 32 heavy (non-hydrogen) atoms. The van der Waals surface area contributed by atoms with Gasteiger partial charge in [0.05, 0.1) is 25.5 Å². The van der Waals surface area contributed by atoms with Gasteiger partial charge in [-0.1, -0.05) is 12.1 Å². The molecule has 2 N–H and O–H groups in total. The van der Waals surface area contributed by atoms with Crippen LogP contribution in [0.15, 0.2) is 48.9 Å². The van der Waals surface area contributed by atoms with Crippen molar-refractivity contribution in [3.05, 3.63) is 48.9 Å². The van der Waals surface area contributed by atoms with E-state index in [1.165, 1.54) is 4.68 Å². The average Bonchev–Trinajstić information content (AvgIpc) is 3.21. The van der Waals surface area contributed by atoms with E-state index < -0.39 is 5.97 Å². The van der Waals surface area contributed by atoms with Gasteiger partial charge in [0.15, 0.2) is 23.1 Å². The molecule has 3 heterocycles. The molecule has 4 rings (SSSR count). The number of carbonyl (C=O) groups is 1. The van der Waals surface area contributed by atoms with E-state index in [1.807, 2.05) is 31.2 Å². The van der Waals surface area contributed by atoms with Crippen LogP contribution in [0.25, 0.3) is 0 Å². The number of rotatable bonds is 9. The maximum Gasteiger partial charge on any atom is 0.325 e. The smallest absolute Gasteiger partial charge is 0.325 e. The second kappa shape index (κ2) is 9.99. The Morgan fingerprint density at radius 2 is 2.06 bits per heavy atom. The van der Waals surface area contributed by atoms with Gasteiger partial charge < -0.3 is 24.8 Å². The average molecular weight is 438 g/mol. The number of aromatic nitrogens is 4. The third-order valence-corrected chi connectivity index (χ3v) is 4.96. The van der Waals surface area contributed by atoms with Crippen molar-refractivity contribution in [2.45, 2.75) is 32.4 Å². The molecule has 3 aromatic rings. The molecule has 0 spiro atoms. The molecule has 1 aromatic carbocycles. The number of nitrogens with one attached hydrogen (secondary N) is 1. The van der Waals surface area contributed by atoms with Crippen molar-refractivity contribution in [1.82, 2.24) is 19.7 Å². The summed E-state index contributed by atoms with van der Waals surface area (Å²) in [5.41, 5.74) is 0. The van der Waals surface area contributed by atoms with Crippen LogP contribution in [0, 0.1) is 0 Å². The first-order valence-corrected chi connectivity index (χ1v) is 10.6. The van der Waals surface area contributed by atoms with Gasteiger partial charge in [-0.25, -0.2) is 4.98 Å².